The highest BCUT2D eigenvalue weighted by molar-refractivity contribution is 5.73. The van der Waals surface area contributed by atoms with Gasteiger partial charge < -0.3 is 23.5 Å². The van der Waals surface area contributed by atoms with Crippen molar-refractivity contribution in [1.82, 2.24) is 10.1 Å². The van der Waals surface area contributed by atoms with Crippen LogP contribution in [-0.2, 0) is 22.6 Å². The zero-order chi connectivity index (χ0) is 20.2. The van der Waals surface area contributed by atoms with Crippen LogP contribution in [0.2, 0.25) is 0 Å². The molecule has 1 unspecified atom stereocenters. The lowest BCUT2D eigenvalue weighted by Crippen LogP contribution is -2.29. The van der Waals surface area contributed by atoms with Crippen LogP contribution in [0, 0.1) is 5.92 Å². The summed E-state index contributed by atoms with van der Waals surface area (Å²) in [5, 5.41) is 3.95. The van der Waals surface area contributed by atoms with Gasteiger partial charge in [0.1, 0.15) is 23.9 Å². The molecule has 2 aromatic carbocycles. The number of ether oxygens (including phenoxy) is 4. The second-order valence-electron chi connectivity index (χ2n) is 6.51. The summed E-state index contributed by atoms with van der Waals surface area (Å²) in [6.45, 7) is 0.177. The average Bonchev–Trinajstić information content (AvgIpc) is 3.25. The van der Waals surface area contributed by atoms with Crippen LogP contribution in [0.3, 0.4) is 0 Å². The van der Waals surface area contributed by atoms with Gasteiger partial charge in [0, 0.05) is 6.07 Å². The molecule has 8 heteroatoms. The maximum Gasteiger partial charge on any atom is 0.313 e. The molecule has 1 aliphatic rings. The predicted molar refractivity (Wildman–Crippen MR) is 102 cm³/mol. The van der Waals surface area contributed by atoms with Gasteiger partial charge in [-0.3, -0.25) is 4.79 Å². The Bertz CT molecular complexity index is 1020. The van der Waals surface area contributed by atoms with Crippen LogP contribution in [0.25, 0.3) is 11.4 Å². The molecule has 0 aliphatic carbocycles. The predicted octanol–water partition coefficient (Wildman–Crippen LogP) is 3.05. The molecular weight excluding hydrogens is 376 g/mol. The van der Waals surface area contributed by atoms with E-state index in [2.05, 4.69) is 10.1 Å². The van der Waals surface area contributed by atoms with E-state index < -0.39 is 0 Å². The van der Waals surface area contributed by atoms with E-state index >= 15 is 0 Å². The molecule has 0 amide bonds. The van der Waals surface area contributed by atoms with Crippen molar-refractivity contribution in [3.63, 3.8) is 0 Å². The number of nitrogens with zero attached hydrogens (tertiary/aromatic N) is 2. The number of rotatable bonds is 6. The highest BCUT2D eigenvalue weighted by atomic mass is 16.6. The minimum absolute atomic E-state index is 0.109. The molecule has 0 bridgehead atoms. The maximum atomic E-state index is 12.4. The number of hydrogen-bond donors (Lipinski definition) is 0. The van der Waals surface area contributed by atoms with Crippen molar-refractivity contribution in [2.24, 2.45) is 5.92 Å². The topological polar surface area (TPSA) is 92.9 Å². The fourth-order valence-corrected chi connectivity index (χ4v) is 3.14. The molecule has 2 heterocycles. The summed E-state index contributed by atoms with van der Waals surface area (Å²) < 4.78 is 26.8. The van der Waals surface area contributed by atoms with Crippen LogP contribution in [0.15, 0.2) is 47.0 Å². The Kier molecular flexibility index (Phi) is 5.33. The lowest BCUT2D eigenvalue weighted by Gasteiger charge is -2.23. The second-order valence-corrected chi connectivity index (χ2v) is 6.51. The maximum absolute atomic E-state index is 12.4. The van der Waals surface area contributed by atoms with Gasteiger partial charge in [-0.05, 0) is 30.2 Å². The standard InChI is InChI=1S/C21H20N2O6/c1-25-15-7-8-16(18(10-15)26-2)20-22-19(29-23-20)12-28-21(24)14-9-13-5-3-4-6-17(13)27-11-14/h3-8,10,14H,9,11-12H2,1-2H3. The van der Waals surface area contributed by atoms with E-state index in [0.717, 1.165) is 11.3 Å². The van der Waals surface area contributed by atoms with Gasteiger partial charge in [0.15, 0.2) is 6.61 Å². The Morgan fingerprint density at radius 3 is 2.86 bits per heavy atom. The lowest BCUT2D eigenvalue weighted by molar-refractivity contribution is -0.152. The van der Waals surface area contributed by atoms with Gasteiger partial charge in [-0.1, -0.05) is 23.4 Å². The zero-order valence-corrected chi connectivity index (χ0v) is 16.1. The number of para-hydroxylation sites is 1. The van der Waals surface area contributed by atoms with E-state index in [1.54, 1.807) is 32.4 Å². The number of esters is 1. The van der Waals surface area contributed by atoms with E-state index in [1.165, 1.54) is 0 Å². The van der Waals surface area contributed by atoms with Crippen LogP contribution in [0.5, 0.6) is 17.2 Å². The second kappa shape index (κ2) is 8.22. The highest BCUT2D eigenvalue weighted by Gasteiger charge is 2.27. The Balaban J connectivity index is 1.39. The lowest BCUT2D eigenvalue weighted by atomic mass is 9.97. The van der Waals surface area contributed by atoms with Gasteiger partial charge in [0.25, 0.3) is 5.89 Å². The quantitative estimate of drug-likeness (QED) is 0.587. The molecule has 0 saturated carbocycles. The van der Waals surface area contributed by atoms with E-state index in [4.69, 9.17) is 23.5 Å². The van der Waals surface area contributed by atoms with Gasteiger partial charge in [-0.15, -0.1) is 0 Å². The van der Waals surface area contributed by atoms with Crippen molar-refractivity contribution in [2.45, 2.75) is 13.0 Å². The first-order chi connectivity index (χ1) is 14.2. The van der Waals surface area contributed by atoms with Crippen molar-refractivity contribution in [3.05, 3.63) is 53.9 Å². The van der Waals surface area contributed by atoms with Crippen molar-refractivity contribution < 1.29 is 28.3 Å². The minimum Gasteiger partial charge on any atom is -0.497 e. The zero-order valence-electron chi connectivity index (χ0n) is 16.1. The number of aromatic nitrogens is 2. The van der Waals surface area contributed by atoms with E-state index in [1.807, 2.05) is 24.3 Å². The van der Waals surface area contributed by atoms with E-state index in [-0.39, 0.29) is 31.0 Å². The molecule has 0 radical (unpaired) electrons. The summed E-state index contributed by atoms with van der Waals surface area (Å²) in [6.07, 6.45) is 0.577. The Labute approximate surface area is 167 Å². The number of benzene rings is 2. The Morgan fingerprint density at radius 2 is 2.03 bits per heavy atom. The van der Waals surface area contributed by atoms with E-state index in [0.29, 0.717) is 29.3 Å². The Hall–Kier alpha value is -3.55. The van der Waals surface area contributed by atoms with Gasteiger partial charge in [-0.2, -0.15) is 4.98 Å². The Morgan fingerprint density at radius 1 is 1.17 bits per heavy atom. The molecule has 4 rings (SSSR count). The summed E-state index contributed by atoms with van der Waals surface area (Å²) >= 11 is 0. The summed E-state index contributed by atoms with van der Waals surface area (Å²) in [4.78, 5) is 16.7. The minimum atomic E-state index is -0.367. The van der Waals surface area contributed by atoms with Crippen LogP contribution in [0.4, 0.5) is 0 Å². The van der Waals surface area contributed by atoms with Crippen LogP contribution >= 0.6 is 0 Å². The van der Waals surface area contributed by atoms with Crippen molar-refractivity contribution >= 4 is 5.97 Å². The van der Waals surface area contributed by atoms with E-state index in [9.17, 15) is 4.79 Å². The molecule has 1 aromatic heterocycles. The molecule has 0 spiro atoms. The van der Waals surface area contributed by atoms with Crippen molar-refractivity contribution in [2.75, 3.05) is 20.8 Å². The van der Waals surface area contributed by atoms with Crippen molar-refractivity contribution in [3.8, 4) is 28.6 Å². The number of fused-ring (bicyclic) bond motifs is 1. The molecule has 3 aromatic rings. The number of carbonyl (C=O) groups excluding carboxylic acids is 1. The molecule has 150 valence electrons. The number of carbonyl (C=O) groups is 1. The molecule has 1 atom stereocenters. The molecule has 29 heavy (non-hydrogen) atoms. The smallest absolute Gasteiger partial charge is 0.313 e. The first-order valence-electron chi connectivity index (χ1n) is 9.10. The van der Waals surface area contributed by atoms with Crippen LogP contribution in [0.1, 0.15) is 11.5 Å². The summed E-state index contributed by atoms with van der Waals surface area (Å²) in [7, 11) is 3.12. The molecule has 1 aliphatic heterocycles. The van der Waals surface area contributed by atoms with Crippen LogP contribution < -0.4 is 14.2 Å². The van der Waals surface area contributed by atoms with Gasteiger partial charge in [0.05, 0.1) is 25.7 Å². The molecule has 0 saturated heterocycles. The average molecular weight is 396 g/mol. The number of methoxy groups -OCH3 is 2. The SMILES string of the molecule is COc1ccc(-c2noc(COC(=O)C3COc4ccccc4C3)n2)c(OC)c1. The third-order valence-electron chi connectivity index (χ3n) is 4.67. The molecule has 0 fully saturated rings. The van der Waals surface area contributed by atoms with Gasteiger partial charge >= 0.3 is 5.97 Å². The summed E-state index contributed by atoms with van der Waals surface area (Å²) in [5.41, 5.74) is 1.64. The number of hydrogen-bond acceptors (Lipinski definition) is 8. The molecule has 0 N–H and O–H groups in total. The largest absolute Gasteiger partial charge is 0.497 e. The third kappa shape index (κ3) is 4.01. The van der Waals surface area contributed by atoms with Crippen molar-refractivity contribution in [1.29, 1.82) is 0 Å². The molecule has 8 nitrogen and oxygen atoms in total. The monoisotopic (exact) mass is 396 g/mol. The normalized spacial score (nSPS) is 15.2. The highest BCUT2D eigenvalue weighted by Crippen LogP contribution is 2.32. The van der Waals surface area contributed by atoms with Gasteiger partial charge in [-0.25, -0.2) is 0 Å². The van der Waals surface area contributed by atoms with Crippen LogP contribution in [-0.4, -0.2) is 36.9 Å². The molecular formula is C21H20N2O6. The van der Waals surface area contributed by atoms with Gasteiger partial charge in [0.2, 0.25) is 5.82 Å². The summed E-state index contributed by atoms with van der Waals surface area (Å²) in [5.74, 6) is 1.82. The fraction of sp³-hybridized carbons (Fsp3) is 0.286. The first-order valence-corrected chi connectivity index (χ1v) is 9.10. The third-order valence-corrected chi connectivity index (χ3v) is 4.67. The summed E-state index contributed by atoms with van der Waals surface area (Å²) in [6, 6.07) is 12.9. The first kappa shape index (κ1) is 18.8. The fourth-order valence-electron chi connectivity index (χ4n) is 3.14.